The average Bonchev–Trinajstić information content (AvgIpc) is 2.82. The minimum absolute atomic E-state index is 0.0746. The van der Waals surface area contributed by atoms with Crippen LogP contribution in [0.1, 0.15) is 52.4 Å². The molecule has 0 aromatic heterocycles. The first-order valence-corrected chi connectivity index (χ1v) is 7.70. The van der Waals surface area contributed by atoms with Gasteiger partial charge in [-0.2, -0.15) is 0 Å². The molecule has 1 heterocycles. The van der Waals surface area contributed by atoms with E-state index in [1.54, 1.807) is 0 Å². The molecule has 0 aromatic carbocycles. The lowest BCUT2D eigenvalue weighted by molar-refractivity contribution is -0.120. The van der Waals surface area contributed by atoms with Crippen LogP contribution >= 0.6 is 0 Å². The van der Waals surface area contributed by atoms with Crippen LogP contribution in [0.25, 0.3) is 0 Å². The van der Waals surface area contributed by atoms with Crippen LogP contribution in [0.3, 0.4) is 0 Å². The molecule has 0 radical (unpaired) electrons. The highest BCUT2D eigenvalue weighted by Gasteiger charge is 2.38. The van der Waals surface area contributed by atoms with Crippen molar-refractivity contribution in [3.05, 3.63) is 0 Å². The Hall–Kier alpha value is -0.120. The van der Waals surface area contributed by atoms with Crippen molar-refractivity contribution in [2.45, 2.75) is 64.1 Å². The van der Waals surface area contributed by atoms with Gasteiger partial charge in [0, 0.05) is 13.2 Å². The fraction of sp³-hybridized carbons (Fsp3) is 1.00. The van der Waals surface area contributed by atoms with Crippen molar-refractivity contribution in [3.8, 4) is 0 Å². The lowest BCUT2D eigenvalue weighted by atomic mass is 9.78. The van der Waals surface area contributed by atoms with Gasteiger partial charge in [0.15, 0.2) is 0 Å². The van der Waals surface area contributed by atoms with Crippen LogP contribution in [0.4, 0.5) is 0 Å². The predicted octanol–water partition coefficient (Wildman–Crippen LogP) is 2.74. The van der Waals surface area contributed by atoms with Gasteiger partial charge in [0.25, 0.3) is 0 Å². The van der Waals surface area contributed by atoms with Crippen LogP contribution in [-0.4, -0.2) is 38.0 Å². The van der Waals surface area contributed by atoms with E-state index in [4.69, 9.17) is 9.47 Å². The van der Waals surface area contributed by atoms with E-state index >= 15 is 0 Å². The maximum absolute atomic E-state index is 6.47. The molecule has 0 aromatic rings. The zero-order valence-corrected chi connectivity index (χ0v) is 12.0. The molecule has 1 saturated carbocycles. The SMILES string of the molecule is CCCNCC1(OC2CCOC2)CCCC(C)C1. The molecule has 2 rings (SSSR count). The standard InChI is InChI=1S/C15H29NO2/c1-3-8-16-12-15(7-4-5-13(2)10-15)18-14-6-9-17-11-14/h13-14,16H,3-12H2,1-2H3. The first-order chi connectivity index (χ1) is 8.74. The molecule has 1 N–H and O–H groups in total. The van der Waals surface area contributed by atoms with Crippen LogP contribution < -0.4 is 5.32 Å². The molecule has 3 heteroatoms. The number of rotatable bonds is 6. The lowest BCUT2D eigenvalue weighted by Crippen LogP contribution is -2.48. The van der Waals surface area contributed by atoms with Gasteiger partial charge in [-0.1, -0.05) is 26.7 Å². The third-order valence-corrected chi connectivity index (χ3v) is 4.23. The number of hydrogen-bond donors (Lipinski definition) is 1. The molecule has 3 atom stereocenters. The maximum Gasteiger partial charge on any atom is 0.0838 e. The maximum atomic E-state index is 6.47. The van der Waals surface area contributed by atoms with Gasteiger partial charge in [0.1, 0.15) is 0 Å². The average molecular weight is 255 g/mol. The summed E-state index contributed by atoms with van der Waals surface area (Å²) in [4.78, 5) is 0. The zero-order valence-electron chi connectivity index (χ0n) is 12.0. The Morgan fingerprint density at radius 2 is 2.28 bits per heavy atom. The van der Waals surface area contributed by atoms with Crippen LogP contribution in [-0.2, 0) is 9.47 Å². The smallest absolute Gasteiger partial charge is 0.0838 e. The molecule has 1 aliphatic carbocycles. The van der Waals surface area contributed by atoms with E-state index in [0.29, 0.717) is 6.10 Å². The van der Waals surface area contributed by atoms with E-state index in [-0.39, 0.29) is 5.60 Å². The molecule has 0 bridgehead atoms. The van der Waals surface area contributed by atoms with E-state index in [1.165, 1.54) is 32.1 Å². The molecule has 3 unspecified atom stereocenters. The van der Waals surface area contributed by atoms with Crippen LogP contribution in [0, 0.1) is 5.92 Å². The van der Waals surface area contributed by atoms with Gasteiger partial charge < -0.3 is 14.8 Å². The van der Waals surface area contributed by atoms with E-state index in [1.807, 2.05) is 0 Å². The third kappa shape index (κ3) is 3.94. The molecule has 18 heavy (non-hydrogen) atoms. The van der Waals surface area contributed by atoms with Gasteiger partial charge >= 0.3 is 0 Å². The van der Waals surface area contributed by atoms with Crippen LogP contribution in [0.15, 0.2) is 0 Å². The first-order valence-electron chi connectivity index (χ1n) is 7.70. The van der Waals surface area contributed by atoms with Crippen molar-refractivity contribution in [3.63, 3.8) is 0 Å². The fourth-order valence-electron chi connectivity index (χ4n) is 3.37. The Bertz CT molecular complexity index is 241. The second-order valence-corrected chi connectivity index (χ2v) is 6.16. The minimum atomic E-state index is 0.0746. The molecule has 0 amide bonds. The van der Waals surface area contributed by atoms with Gasteiger partial charge in [0.2, 0.25) is 0 Å². The largest absolute Gasteiger partial charge is 0.379 e. The Morgan fingerprint density at radius 1 is 1.39 bits per heavy atom. The summed E-state index contributed by atoms with van der Waals surface area (Å²) in [6.45, 7) is 8.36. The van der Waals surface area contributed by atoms with Gasteiger partial charge in [-0.05, 0) is 38.1 Å². The lowest BCUT2D eigenvalue weighted by Gasteiger charge is -2.42. The molecule has 3 nitrogen and oxygen atoms in total. The Kier molecular flexibility index (Phi) is 5.46. The third-order valence-electron chi connectivity index (χ3n) is 4.23. The Morgan fingerprint density at radius 3 is 2.94 bits per heavy atom. The summed E-state index contributed by atoms with van der Waals surface area (Å²) < 4.78 is 11.9. The Balaban J connectivity index is 1.91. The molecule has 1 saturated heterocycles. The summed E-state index contributed by atoms with van der Waals surface area (Å²) in [5.41, 5.74) is 0.0746. The van der Waals surface area contributed by atoms with E-state index in [0.717, 1.165) is 38.6 Å². The Labute approximate surface area is 112 Å². The summed E-state index contributed by atoms with van der Waals surface area (Å²) in [5.74, 6) is 0.796. The van der Waals surface area contributed by atoms with Crippen LogP contribution in [0.2, 0.25) is 0 Å². The van der Waals surface area contributed by atoms with E-state index < -0.39 is 0 Å². The van der Waals surface area contributed by atoms with Crippen LogP contribution in [0.5, 0.6) is 0 Å². The zero-order chi connectivity index (χ0) is 12.8. The highest BCUT2D eigenvalue weighted by molar-refractivity contribution is 4.90. The normalized spacial score (nSPS) is 37.0. The van der Waals surface area contributed by atoms with Crippen molar-refractivity contribution in [1.82, 2.24) is 5.32 Å². The fourth-order valence-corrected chi connectivity index (χ4v) is 3.37. The van der Waals surface area contributed by atoms with Crippen molar-refractivity contribution >= 4 is 0 Å². The monoisotopic (exact) mass is 255 g/mol. The first kappa shape index (κ1) is 14.3. The molecular weight excluding hydrogens is 226 g/mol. The number of ether oxygens (including phenoxy) is 2. The topological polar surface area (TPSA) is 30.5 Å². The van der Waals surface area contributed by atoms with E-state index in [2.05, 4.69) is 19.2 Å². The van der Waals surface area contributed by atoms with E-state index in [9.17, 15) is 0 Å². The molecular formula is C15H29NO2. The van der Waals surface area contributed by atoms with Crippen molar-refractivity contribution in [2.24, 2.45) is 5.92 Å². The van der Waals surface area contributed by atoms with Gasteiger partial charge in [0.05, 0.1) is 18.3 Å². The van der Waals surface area contributed by atoms with Crippen molar-refractivity contribution in [2.75, 3.05) is 26.3 Å². The minimum Gasteiger partial charge on any atom is -0.379 e. The number of hydrogen-bond acceptors (Lipinski definition) is 3. The highest BCUT2D eigenvalue weighted by Crippen LogP contribution is 2.36. The summed E-state index contributed by atoms with van der Waals surface area (Å²) in [7, 11) is 0. The second kappa shape index (κ2) is 6.88. The molecule has 106 valence electrons. The van der Waals surface area contributed by atoms with Gasteiger partial charge in [-0.25, -0.2) is 0 Å². The van der Waals surface area contributed by atoms with Gasteiger partial charge in [-0.15, -0.1) is 0 Å². The molecule has 0 spiro atoms. The second-order valence-electron chi connectivity index (χ2n) is 6.16. The van der Waals surface area contributed by atoms with Crippen molar-refractivity contribution < 1.29 is 9.47 Å². The summed E-state index contributed by atoms with van der Waals surface area (Å²) >= 11 is 0. The van der Waals surface area contributed by atoms with Gasteiger partial charge in [-0.3, -0.25) is 0 Å². The molecule has 2 fully saturated rings. The summed E-state index contributed by atoms with van der Waals surface area (Å²) in [6.07, 6.45) is 7.69. The highest BCUT2D eigenvalue weighted by atomic mass is 16.6. The number of nitrogens with one attached hydrogen (secondary N) is 1. The summed E-state index contributed by atoms with van der Waals surface area (Å²) in [6, 6.07) is 0. The molecule has 1 aliphatic heterocycles. The van der Waals surface area contributed by atoms with Crippen molar-refractivity contribution in [1.29, 1.82) is 0 Å². The predicted molar refractivity (Wildman–Crippen MR) is 73.8 cm³/mol. The molecule has 2 aliphatic rings. The quantitative estimate of drug-likeness (QED) is 0.740. The summed E-state index contributed by atoms with van der Waals surface area (Å²) in [5, 5.41) is 3.57.